The van der Waals surface area contributed by atoms with E-state index in [1.807, 2.05) is 6.92 Å². The van der Waals surface area contributed by atoms with Gasteiger partial charge in [-0.3, -0.25) is 24.6 Å². The Morgan fingerprint density at radius 1 is 1.14 bits per heavy atom. The van der Waals surface area contributed by atoms with Gasteiger partial charge < -0.3 is 19.7 Å². The second-order valence-corrected chi connectivity index (χ2v) is 10.0. The fourth-order valence-corrected chi connectivity index (χ4v) is 6.00. The van der Waals surface area contributed by atoms with Gasteiger partial charge in [0.2, 0.25) is 11.8 Å². The Kier molecular flexibility index (Phi) is 7.28. The molecule has 0 saturated carbocycles. The molecular formula is C26H29BrN2O7. The lowest BCUT2D eigenvalue weighted by Crippen LogP contribution is -2.57. The van der Waals surface area contributed by atoms with E-state index in [9.17, 15) is 24.6 Å². The number of carboxylic acids is 1. The highest BCUT2D eigenvalue weighted by Crippen LogP contribution is 2.51. The first-order valence-electron chi connectivity index (χ1n) is 11.7. The van der Waals surface area contributed by atoms with Crippen LogP contribution < -0.4 is 14.8 Å². The predicted octanol–water partition coefficient (Wildman–Crippen LogP) is 3.28. The number of hydrogen-bond donors (Lipinski definition) is 3. The molecule has 2 aromatic carbocycles. The molecule has 2 amide bonds. The minimum absolute atomic E-state index is 0.0463. The van der Waals surface area contributed by atoms with Crippen molar-refractivity contribution in [3.63, 3.8) is 0 Å². The zero-order valence-corrected chi connectivity index (χ0v) is 21.9. The zero-order valence-electron chi connectivity index (χ0n) is 20.3. The number of phenols is 1. The van der Waals surface area contributed by atoms with Crippen LogP contribution in [-0.2, 0) is 20.8 Å². The third-order valence-electron chi connectivity index (χ3n) is 7.10. The van der Waals surface area contributed by atoms with E-state index >= 15 is 0 Å². The number of hydrogen-bond acceptors (Lipinski definition) is 7. The maximum atomic E-state index is 13.6. The number of aliphatic carboxylic acids is 1. The van der Waals surface area contributed by atoms with Gasteiger partial charge in [-0.2, -0.15) is 0 Å². The number of rotatable bonds is 9. The van der Waals surface area contributed by atoms with Crippen LogP contribution in [-0.4, -0.2) is 59.2 Å². The summed E-state index contributed by atoms with van der Waals surface area (Å²) in [5.41, 5.74) is -0.524. The summed E-state index contributed by atoms with van der Waals surface area (Å²) in [7, 11) is 2.99. The number of methoxy groups -OCH3 is 2. The molecular weight excluding hydrogens is 532 g/mol. The molecule has 2 aromatic rings. The number of unbranched alkanes of at least 4 members (excludes halogenated alkanes) is 1. The average Bonchev–Trinajstić information content (AvgIpc) is 3.32. The molecule has 0 aliphatic carbocycles. The topological polar surface area (TPSA) is 125 Å². The minimum atomic E-state index is -1.74. The van der Waals surface area contributed by atoms with E-state index in [0.717, 1.165) is 6.42 Å². The number of halogens is 1. The van der Waals surface area contributed by atoms with E-state index in [2.05, 4.69) is 21.2 Å². The first-order chi connectivity index (χ1) is 17.2. The summed E-state index contributed by atoms with van der Waals surface area (Å²) in [5.74, 6) is -3.17. The third-order valence-corrected chi connectivity index (χ3v) is 7.69. The standard InChI is InChI=1S/C26H29BrN2O7/c1-4-5-10-29-23(31)19-20(24(29)32)26(25(33)34,13-14-6-8-16(30)9-7-14)28-21(19)15-11-17(27)22(36-3)18(12-15)35-2/h6-9,11-12,19-21,28,30H,4-5,10,13H2,1-3H3,(H,33,34). The maximum Gasteiger partial charge on any atom is 0.325 e. The molecule has 2 aliphatic heterocycles. The smallest absolute Gasteiger partial charge is 0.325 e. The lowest BCUT2D eigenvalue weighted by atomic mass is 9.76. The number of nitrogens with zero attached hydrogens (tertiary/aromatic N) is 1. The van der Waals surface area contributed by atoms with E-state index in [-0.39, 0.29) is 24.6 Å². The Labute approximate surface area is 217 Å². The van der Waals surface area contributed by atoms with Gasteiger partial charge in [0.1, 0.15) is 11.3 Å². The van der Waals surface area contributed by atoms with Crippen LogP contribution in [0.3, 0.4) is 0 Å². The van der Waals surface area contributed by atoms with Crippen molar-refractivity contribution >= 4 is 33.7 Å². The zero-order chi connectivity index (χ0) is 26.2. The highest BCUT2D eigenvalue weighted by atomic mass is 79.9. The Morgan fingerprint density at radius 2 is 1.83 bits per heavy atom. The number of carbonyl (C=O) groups is 3. The number of fused-ring (bicyclic) bond motifs is 1. The molecule has 0 aromatic heterocycles. The summed E-state index contributed by atoms with van der Waals surface area (Å²) in [6, 6.07) is 8.86. The highest BCUT2D eigenvalue weighted by molar-refractivity contribution is 9.10. The van der Waals surface area contributed by atoms with Crippen LogP contribution in [0.15, 0.2) is 40.9 Å². The number of imide groups is 1. The van der Waals surface area contributed by atoms with Crippen LogP contribution in [0.4, 0.5) is 0 Å². The largest absolute Gasteiger partial charge is 0.508 e. The Hall–Kier alpha value is -3.11. The Balaban J connectivity index is 1.86. The fraction of sp³-hybridized carbons (Fsp3) is 0.423. The van der Waals surface area contributed by atoms with Crippen LogP contribution in [0.1, 0.15) is 36.9 Å². The number of phenolic OH excluding ortho intramolecular Hbond substituents is 1. The molecule has 2 aliphatic rings. The number of ether oxygens (including phenoxy) is 2. The van der Waals surface area contributed by atoms with Crippen molar-refractivity contribution in [3.05, 3.63) is 52.0 Å². The monoisotopic (exact) mass is 560 g/mol. The number of benzene rings is 2. The van der Waals surface area contributed by atoms with Crippen molar-refractivity contribution in [3.8, 4) is 17.2 Å². The predicted molar refractivity (Wildman–Crippen MR) is 134 cm³/mol. The first-order valence-corrected chi connectivity index (χ1v) is 12.5. The minimum Gasteiger partial charge on any atom is -0.508 e. The lowest BCUT2D eigenvalue weighted by molar-refractivity contribution is -0.151. The number of carboxylic acid groups (broad SMARTS) is 1. The molecule has 2 saturated heterocycles. The summed E-state index contributed by atoms with van der Waals surface area (Å²) >= 11 is 3.47. The number of aromatic hydroxyl groups is 1. The molecule has 0 bridgehead atoms. The third kappa shape index (κ3) is 4.22. The number of amides is 2. The van der Waals surface area contributed by atoms with Crippen LogP contribution in [0, 0.1) is 11.8 Å². The van der Waals surface area contributed by atoms with Gasteiger partial charge in [0.05, 0.1) is 30.5 Å². The van der Waals surface area contributed by atoms with Crippen molar-refractivity contribution in [1.82, 2.24) is 10.2 Å². The van der Waals surface area contributed by atoms with Crippen LogP contribution in [0.2, 0.25) is 0 Å². The summed E-state index contributed by atoms with van der Waals surface area (Å²) in [6.07, 6.45) is 1.37. The fourth-order valence-electron chi connectivity index (χ4n) is 5.37. The average molecular weight is 561 g/mol. The quantitative estimate of drug-likeness (QED) is 0.399. The first kappa shape index (κ1) is 26.0. The molecule has 0 radical (unpaired) electrons. The summed E-state index contributed by atoms with van der Waals surface area (Å²) in [4.78, 5) is 41.4. The molecule has 10 heteroatoms. The molecule has 3 N–H and O–H groups in total. The number of carbonyl (C=O) groups excluding carboxylic acids is 2. The second-order valence-electron chi connectivity index (χ2n) is 9.17. The van der Waals surface area contributed by atoms with Gasteiger partial charge >= 0.3 is 5.97 Å². The molecule has 9 nitrogen and oxygen atoms in total. The number of nitrogens with one attached hydrogen (secondary N) is 1. The van der Waals surface area contributed by atoms with Crippen LogP contribution >= 0.6 is 15.9 Å². The summed E-state index contributed by atoms with van der Waals surface area (Å²) < 4.78 is 11.4. The molecule has 4 atom stereocenters. The summed E-state index contributed by atoms with van der Waals surface area (Å²) in [6.45, 7) is 2.21. The highest BCUT2D eigenvalue weighted by Gasteiger charge is 2.68. The van der Waals surface area contributed by atoms with Crippen molar-refractivity contribution in [2.45, 2.75) is 37.8 Å². The maximum absolute atomic E-state index is 13.6. The summed E-state index contributed by atoms with van der Waals surface area (Å²) in [5, 5.41) is 23.4. The van der Waals surface area contributed by atoms with Gasteiger partial charge in [0.25, 0.3) is 0 Å². The Morgan fingerprint density at radius 3 is 2.42 bits per heavy atom. The van der Waals surface area contributed by atoms with E-state index in [1.165, 1.54) is 31.3 Å². The molecule has 4 unspecified atom stereocenters. The normalized spacial score (nSPS) is 25.2. The molecule has 36 heavy (non-hydrogen) atoms. The van der Waals surface area contributed by atoms with E-state index in [4.69, 9.17) is 9.47 Å². The molecule has 192 valence electrons. The van der Waals surface area contributed by atoms with E-state index < -0.39 is 35.3 Å². The molecule has 4 rings (SSSR count). The van der Waals surface area contributed by atoms with Crippen LogP contribution in [0.5, 0.6) is 17.2 Å². The molecule has 2 fully saturated rings. The van der Waals surface area contributed by atoms with Crippen molar-refractivity contribution in [1.29, 1.82) is 0 Å². The second kappa shape index (κ2) is 10.1. The lowest BCUT2D eigenvalue weighted by Gasteiger charge is -2.31. The number of likely N-dealkylation sites (tertiary alicyclic amines) is 1. The Bertz CT molecular complexity index is 1190. The SMILES string of the molecule is CCCCN1C(=O)C2C(c3cc(Br)c(OC)c(OC)c3)NC(Cc3ccc(O)cc3)(C(=O)O)C2C1=O. The van der Waals surface area contributed by atoms with Crippen molar-refractivity contribution in [2.24, 2.45) is 11.8 Å². The van der Waals surface area contributed by atoms with Crippen molar-refractivity contribution in [2.75, 3.05) is 20.8 Å². The van der Waals surface area contributed by atoms with Gasteiger partial charge in [-0.05, 0) is 57.7 Å². The van der Waals surface area contributed by atoms with Gasteiger partial charge in [-0.25, -0.2) is 0 Å². The van der Waals surface area contributed by atoms with Crippen LogP contribution in [0.25, 0.3) is 0 Å². The van der Waals surface area contributed by atoms with Crippen molar-refractivity contribution < 1.29 is 34.1 Å². The van der Waals surface area contributed by atoms with Gasteiger partial charge in [0.15, 0.2) is 11.5 Å². The van der Waals surface area contributed by atoms with Gasteiger partial charge in [0, 0.05) is 19.0 Å². The van der Waals surface area contributed by atoms with Gasteiger partial charge in [-0.15, -0.1) is 0 Å². The van der Waals surface area contributed by atoms with E-state index in [1.54, 1.807) is 24.3 Å². The molecule has 2 heterocycles. The van der Waals surface area contributed by atoms with E-state index in [0.29, 0.717) is 33.5 Å². The molecule has 0 spiro atoms. The van der Waals surface area contributed by atoms with Gasteiger partial charge in [-0.1, -0.05) is 25.5 Å².